The number of aliphatic hydroxyl groups excluding tert-OH is 1. The first-order valence-electron chi connectivity index (χ1n) is 16.2. The lowest BCUT2D eigenvalue weighted by Gasteiger charge is -2.43. The van der Waals surface area contributed by atoms with Gasteiger partial charge in [0.05, 0.1) is 11.7 Å². The third kappa shape index (κ3) is 8.93. The zero-order valence-electron chi connectivity index (χ0n) is 29.2. The van der Waals surface area contributed by atoms with Crippen LogP contribution in [0.25, 0.3) is 0 Å². The Labute approximate surface area is 268 Å². The second-order valence-corrected chi connectivity index (χ2v) is 15.3. The molecular weight excluding hydrogens is 540 g/mol. The van der Waals surface area contributed by atoms with Gasteiger partial charge in [0.2, 0.25) is 0 Å². The van der Waals surface area contributed by atoms with Gasteiger partial charge < -0.3 is 14.9 Å². The van der Waals surface area contributed by atoms with Crippen molar-refractivity contribution in [3.05, 3.63) is 119 Å². The molecule has 2 aliphatic carbocycles. The van der Waals surface area contributed by atoms with Crippen molar-refractivity contribution in [2.24, 2.45) is 16.7 Å². The van der Waals surface area contributed by atoms with Crippen molar-refractivity contribution in [2.45, 2.75) is 118 Å². The van der Waals surface area contributed by atoms with Crippen LogP contribution in [0.2, 0.25) is 0 Å². The summed E-state index contributed by atoms with van der Waals surface area (Å²) < 4.78 is 6.25. The molecule has 0 aromatic rings. The number of aliphatic hydroxyl groups is 2. The summed E-state index contributed by atoms with van der Waals surface area (Å²) in [5, 5.41) is 20.8. The summed E-state index contributed by atoms with van der Waals surface area (Å²) in [7, 11) is 0. The molecule has 1 saturated heterocycles. The van der Waals surface area contributed by atoms with Gasteiger partial charge in [-0.25, -0.2) is 0 Å². The van der Waals surface area contributed by atoms with Gasteiger partial charge in [-0.1, -0.05) is 141 Å². The minimum atomic E-state index is -0.724. The number of hydrogen-bond acceptors (Lipinski definition) is 3. The van der Waals surface area contributed by atoms with Crippen LogP contribution in [-0.2, 0) is 4.74 Å². The number of epoxide rings is 1. The molecule has 0 bridgehead atoms. The molecule has 3 rings (SSSR count). The first kappa shape index (κ1) is 35.8. The zero-order chi connectivity index (χ0) is 33.0. The summed E-state index contributed by atoms with van der Waals surface area (Å²) in [6, 6.07) is 0. The van der Waals surface area contributed by atoms with E-state index < -0.39 is 5.60 Å². The van der Waals surface area contributed by atoms with Gasteiger partial charge in [0.1, 0.15) is 11.2 Å². The highest BCUT2D eigenvalue weighted by Gasteiger charge is 2.74. The van der Waals surface area contributed by atoms with Gasteiger partial charge >= 0.3 is 0 Å². The Morgan fingerprint density at radius 3 is 1.77 bits per heavy atom. The van der Waals surface area contributed by atoms with Crippen molar-refractivity contribution in [1.29, 1.82) is 0 Å². The minimum absolute atomic E-state index is 0.0171. The minimum Gasteiger partial charge on any atom is -0.393 e. The number of rotatable bonds is 10. The average molecular weight is 599 g/mol. The lowest BCUT2D eigenvalue weighted by molar-refractivity contribution is 0.0345. The molecule has 44 heavy (non-hydrogen) atoms. The van der Waals surface area contributed by atoms with Crippen LogP contribution in [0.3, 0.4) is 0 Å². The van der Waals surface area contributed by atoms with E-state index in [9.17, 15) is 10.2 Å². The molecular formula is C41H58O3. The fourth-order valence-corrected chi connectivity index (χ4v) is 7.60. The maximum atomic E-state index is 10.5. The highest BCUT2D eigenvalue weighted by molar-refractivity contribution is 5.37. The van der Waals surface area contributed by atoms with Gasteiger partial charge in [0, 0.05) is 17.8 Å². The number of allylic oxidation sites excluding steroid dienone is 18. The van der Waals surface area contributed by atoms with Crippen LogP contribution in [0, 0.1) is 16.7 Å². The molecule has 0 aromatic carbocycles. The molecule has 2 fully saturated rings. The summed E-state index contributed by atoms with van der Waals surface area (Å²) in [6.45, 7) is 23.5. The number of ether oxygens (including phenoxy) is 1. The van der Waals surface area contributed by atoms with E-state index in [1.54, 1.807) is 0 Å². The maximum absolute atomic E-state index is 10.5. The van der Waals surface area contributed by atoms with Crippen molar-refractivity contribution in [3.8, 4) is 0 Å². The van der Waals surface area contributed by atoms with E-state index in [2.05, 4.69) is 154 Å². The first-order valence-corrected chi connectivity index (χ1v) is 16.2. The standard InChI is InChI=1S/C41H58O3/c1-30(18-14-20-32(3)22-23-36-34(5)26-39(10,43)29-37(36,6)7)16-12-13-17-31(2)19-15-21-33(4)24-25-41-38(8,9)27-35(42)28-40(41,11)44-41/h12-26,35-36,42-43H,27-29H2,1-11H3/b13-12+,18-14+,19-15+,23-22+,25-24+,30-16+,31-17+,32-20+,33-21+/t35-,36+,39-,40-,41+/m0/s1. The van der Waals surface area contributed by atoms with E-state index in [0.29, 0.717) is 12.3 Å². The smallest absolute Gasteiger partial charge is 0.121 e. The Hall–Kier alpha value is -2.72. The third-order valence-corrected chi connectivity index (χ3v) is 9.59. The van der Waals surface area contributed by atoms with E-state index in [-0.39, 0.29) is 28.1 Å². The monoisotopic (exact) mass is 598 g/mol. The Bertz CT molecular complexity index is 1360. The second kappa shape index (κ2) is 13.7. The van der Waals surface area contributed by atoms with Gasteiger partial charge in [-0.2, -0.15) is 0 Å². The predicted octanol–water partition coefficient (Wildman–Crippen LogP) is 10.0. The molecule has 1 saturated carbocycles. The summed E-state index contributed by atoms with van der Waals surface area (Å²) in [5.41, 5.74) is 4.60. The Morgan fingerprint density at radius 2 is 1.25 bits per heavy atom. The largest absolute Gasteiger partial charge is 0.393 e. The normalized spacial score (nSPS) is 35.0. The molecule has 5 atom stereocenters. The summed E-state index contributed by atoms with van der Waals surface area (Å²) in [5.74, 6) is 0.324. The van der Waals surface area contributed by atoms with E-state index in [1.807, 2.05) is 13.0 Å². The Kier molecular flexibility index (Phi) is 11.2. The summed E-state index contributed by atoms with van der Waals surface area (Å²) in [4.78, 5) is 0. The number of hydrogen-bond donors (Lipinski definition) is 2. The van der Waals surface area contributed by atoms with Gasteiger partial charge in [-0.15, -0.1) is 0 Å². The fourth-order valence-electron chi connectivity index (χ4n) is 7.60. The van der Waals surface area contributed by atoms with E-state index in [4.69, 9.17) is 4.74 Å². The van der Waals surface area contributed by atoms with Crippen LogP contribution in [0.15, 0.2) is 119 Å². The van der Waals surface area contributed by atoms with Gasteiger partial charge in [0.25, 0.3) is 0 Å². The topological polar surface area (TPSA) is 53.0 Å². The van der Waals surface area contributed by atoms with Crippen LogP contribution in [0.1, 0.15) is 95.4 Å². The van der Waals surface area contributed by atoms with Crippen molar-refractivity contribution in [1.82, 2.24) is 0 Å². The van der Waals surface area contributed by atoms with Crippen molar-refractivity contribution >= 4 is 0 Å². The summed E-state index contributed by atoms with van der Waals surface area (Å²) >= 11 is 0. The van der Waals surface area contributed by atoms with E-state index >= 15 is 0 Å². The van der Waals surface area contributed by atoms with Gasteiger partial charge in [-0.3, -0.25) is 0 Å². The molecule has 0 unspecified atom stereocenters. The molecule has 3 aliphatic rings. The SMILES string of the molecule is CC1=C[C@](C)(O)CC(C)(C)[C@@H]1/C=C/C(C)=C/C=C/C(C)=C/C=C/C=C(C)/C=C/C=C(C)/C=C/[C@]12O[C@@]1(C)C[C@@H](O)CC2(C)C. The highest BCUT2D eigenvalue weighted by atomic mass is 16.6. The molecule has 2 N–H and O–H groups in total. The summed E-state index contributed by atoms with van der Waals surface area (Å²) in [6.07, 6.45) is 33.8. The second-order valence-electron chi connectivity index (χ2n) is 15.3. The van der Waals surface area contributed by atoms with Crippen LogP contribution >= 0.6 is 0 Å². The molecule has 3 heteroatoms. The van der Waals surface area contributed by atoms with Crippen LogP contribution in [0.5, 0.6) is 0 Å². The molecule has 1 aliphatic heterocycles. The molecule has 3 nitrogen and oxygen atoms in total. The van der Waals surface area contributed by atoms with Crippen LogP contribution in [0.4, 0.5) is 0 Å². The van der Waals surface area contributed by atoms with Crippen LogP contribution in [-0.4, -0.2) is 33.1 Å². The Morgan fingerprint density at radius 1 is 0.750 bits per heavy atom. The number of fused-ring (bicyclic) bond motifs is 1. The van der Waals surface area contributed by atoms with Crippen molar-refractivity contribution in [2.75, 3.05) is 0 Å². The zero-order valence-corrected chi connectivity index (χ0v) is 29.2. The molecule has 0 amide bonds. The molecule has 0 aromatic heterocycles. The maximum Gasteiger partial charge on any atom is 0.121 e. The predicted molar refractivity (Wildman–Crippen MR) is 188 cm³/mol. The van der Waals surface area contributed by atoms with E-state index in [1.165, 1.54) is 27.9 Å². The van der Waals surface area contributed by atoms with E-state index in [0.717, 1.165) is 12.8 Å². The van der Waals surface area contributed by atoms with Crippen molar-refractivity contribution in [3.63, 3.8) is 0 Å². The molecule has 1 heterocycles. The lowest BCUT2D eigenvalue weighted by Crippen LogP contribution is -2.46. The lowest BCUT2D eigenvalue weighted by atomic mass is 9.63. The Balaban J connectivity index is 1.50. The molecule has 240 valence electrons. The van der Waals surface area contributed by atoms with Crippen LogP contribution < -0.4 is 0 Å². The van der Waals surface area contributed by atoms with Gasteiger partial charge in [-0.05, 0) is 72.8 Å². The fraction of sp³-hybridized carbons (Fsp3) is 0.512. The third-order valence-electron chi connectivity index (χ3n) is 9.59. The highest BCUT2D eigenvalue weighted by Crippen LogP contribution is 2.66. The first-order chi connectivity index (χ1) is 20.3. The quantitative estimate of drug-likeness (QED) is 0.149. The average Bonchev–Trinajstić information content (AvgIpc) is 3.49. The molecule has 0 spiro atoms. The van der Waals surface area contributed by atoms with Gasteiger partial charge in [0.15, 0.2) is 0 Å². The van der Waals surface area contributed by atoms with Crippen molar-refractivity contribution < 1.29 is 14.9 Å². The molecule has 0 radical (unpaired) electrons.